The van der Waals surface area contributed by atoms with E-state index >= 15 is 0 Å². The SMILES string of the molecule is O=S(=O)(Cc1cccc(CO)c1)NCCN1CCOCC1. The fourth-order valence-electron chi connectivity index (χ4n) is 2.27. The molecule has 0 spiro atoms. The summed E-state index contributed by atoms with van der Waals surface area (Å²) >= 11 is 0. The number of aliphatic hydroxyl groups excluding tert-OH is 1. The molecule has 0 aromatic heterocycles. The highest BCUT2D eigenvalue weighted by atomic mass is 32.2. The molecule has 1 aliphatic heterocycles. The Morgan fingerprint density at radius 1 is 1.24 bits per heavy atom. The fraction of sp³-hybridized carbons (Fsp3) is 0.571. The maximum Gasteiger partial charge on any atom is 0.215 e. The van der Waals surface area contributed by atoms with Crippen LogP contribution in [-0.4, -0.2) is 57.8 Å². The van der Waals surface area contributed by atoms with E-state index in [-0.39, 0.29) is 12.4 Å². The maximum absolute atomic E-state index is 12.0. The lowest BCUT2D eigenvalue weighted by atomic mass is 10.1. The molecule has 1 aromatic carbocycles. The van der Waals surface area contributed by atoms with Crippen molar-refractivity contribution in [3.05, 3.63) is 35.4 Å². The number of hydrogen-bond acceptors (Lipinski definition) is 5. The predicted molar refractivity (Wildman–Crippen MR) is 80.3 cm³/mol. The molecule has 1 aliphatic rings. The molecule has 2 rings (SSSR count). The molecule has 1 heterocycles. The largest absolute Gasteiger partial charge is 0.392 e. The van der Waals surface area contributed by atoms with Crippen LogP contribution in [0.4, 0.5) is 0 Å². The molecule has 1 aromatic rings. The van der Waals surface area contributed by atoms with E-state index in [4.69, 9.17) is 9.84 Å². The molecule has 0 saturated carbocycles. The van der Waals surface area contributed by atoms with Gasteiger partial charge in [0.05, 0.1) is 25.6 Å². The van der Waals surface area contributed by atoms with E-state index < -0.39 is 10.0 Å². The minimum absolute atomic E-state index is 0.0655. The van der Waals surface area contributed by atoms with Crippen LogP contribution in [0.3, 0.4) is 0 Å². The van der Waals surface area contributed by atoms with Crippen LogP contribution < -0.4 is 4.72 Å². The first-order valence-electron chi connectivity index (χ1n) is 7.05. The molecule has 0 amide bonds. The van der Waals surface area contributed by atoms with Crippen molar-refractivity contribution in [3.63, 3.8) is 0 Å². The Balaban J connectivity index is 1.80. The Labute approximate surface area is 125 Å². The molecule has 0 radical (unpaired) electrons. The van der Waals surface area contributed by atoms with Crippen molar-refractivity contribution < 1.29 is 18.3 Å². The van der Waals surface area contributed by atoms with E-state index in [0.717, 1.165) is 18.7 Å². The van der Waals surface area contributed by atoms with Gasteiger partial charge in [0, 0.05) is 26.2 Å². The molecular weight excluding hydrogens is 292 g/mol. The average Bonchev–Trinajstić information content (AvgIpc) is 2.48. The van der Waals surface area contributed by atoms with Crippen LogP contribution in [0.1, 0.15) is 11.1 Å². The number of rotatable bonds is 7. The summed E-state index contributed by atoms with van der Waals surface area (Å²) in [4.78, 5) is 2.18. The second-order valence-electron chi connectivity index (χ2n) is 5.09. The van der Waals surface area contributed by atoms with Crippen LogP contribution in [0, 0.1) is 0 Å². The summed E-state index contributed by atoms with van der Waals surface area (Å²) in [5.74, 6) is -0.0655. The Bertz CT molecular complexity index is 542. The highest BCUT2D eigenvalue weighted by molar-refractivity contribution is 7.88. The monoisotopic (exact) mass is 314 g/mol. The van der Waals surface area contributed by atoms with Gasteiger partial charge >= 0.3 is 0 Å². The summed E-state index contributed by atoms with van der Waals surface area (Å²) in [6, 6.07) is 6.98. The fourth-order valence-corrected chi connectivity index (χ4v) is 3.40. The number of benzene rings is 1. The van der Waals surface area contributed by atoms with Crippen molar-refractivity contribution in [2.75, 3.05) is 39.4 Å². The first-order valence-corrected chi connectivity index (χ1v) is 8.70. The lowest BCUT2D eigenvalue weighted by molar-refractivity contribution is 0.0390. The minimum atomic E-state index is -3.35. The molecular formula is C14H22N2O4S. The zero-order valence-corrected chi connectivity index (χ0v) is 12.8. The van der Waals surface area contributed by atoms with Crippen LogP contribution in [0.5, 0.6) is 0 Å². The lowest BCUT2D eigenvalue weighted by Gasteiger charge is -2.26. The number of nitrogens with one attached hydrogen (secondary N) is 1. The summed E-state index contributed by atoms with van der Waals surface area (Å²) in [5, 5.41) is 9.07. The average molecular weight is 314 g/mol. The van der Waals surface area contributed by atoms with Gasteiger partial charge in [-0.05, 0) is 11.1 Å². The van der Waals surface area contributed by atoms with Crippen molar-refractivity contribution in [1.29, 1.82) is 0 Å². The highest BCUT2D eigenvalue weighted by Gasteiger charge is 2.14. The topological polar surface area (TPSA) is 78.9 Å². The van der Waals surface area contributed by atoms with Gasteiger partial charge in [0.1, 0.15) is 0 Å². The molecule has 21 heavy (non-hydrogen) atoms. The standard InChI is InChI=1S/C14H22N2O4S/c17-11-13-2-1-3-14(10-13)12-21(18,19)15-4-5-16-6-8-20-9-7-16/h1-3,10,15,17H,4-9,11-12H2. The molecule has 7 heteroatoms. The smallest absolute Gasteiger partial charge is 0.215 e. The minimum Gasteiger partial charge on any atom is -0.392 e. The number of sulfonamides is 1. The Hall–Kier alpha value is -0.990. The molecule has 6 nitrogen and oxygen atoms in total. The molecule has 0 atom stereocenters. The third kappa shape index (κ3) is 5.72. The molecule has 1 saturated heterocycles. The quantitative estimate of drug-likeness (QED) is 0.737. The van der Waals surface area contributed by atoms with E-state index in [2.05, 4.69) is 9.62 Å². The number of aliphatic hydroxyl groups is 1. The van der Waals surface area contributed by atoms with Gasteiger partial charge in [-0.3, -0.25) is 4.90 Å². The third-order valence-electron chi connectivity index (χ3n) is 3.38. The van der Waals surface area contributed by atoms with Crippen molar-refractivity contribution in [2.45, 2.75) is 12.4 Å². The van der Waals surface area contributed by atoms with E-state index in [1.165, 1.54) is 0 Å². The second kappa shape index (κ2) is 7.86. The van der Waals surface area contributed by atoms with E-state index in [0.29, 0.717) is 31.9 Å². The van der Waals surface area contributed by atoms with E-state index in [1.807, 2.05) is 0 Å². The van der Waals surface area contributed by atoms with Crippen LogP contribution in [0.25, 0.3) is 0 Å². The number of ether oxygens (including phenoxy) is 1. The van der Waals surface area contributed by atoms with Crippen molar-refractivity contribution in [3.8, 4) is 0 Å². The van der Waals surface area contributed by atoms with Crippen molar-refractivity contribution in [2.24, 2.45) is 0 Å². The second-order valence-corrected chi connectivity index (χ2v) is 6.89. The summed E-state index contributed by atoms with van der Waals surface area (Å²) in [5.41, 5.74) is 1.40. The van der Waals surface area contributed by atoms with Gasteiger partial charge in [-0.15, -0.1) is 0 Å². The Morgan fingerprint density at radius 2 is 1.95 bits per heavy atom. The summed E-state index contributed by atoms with van der Waals surface area (Å²) in [7, 11) is -3.35. The lowest BCUT2D eigenvalue weighted by Crippen LogP contribution is -2.41. The molecule has 118 valence electrons. The van der Waals surface area contributed by atoms with Gasteiger partial charge in [-0.25, -0.2) is 13.1 Å². The predicted octanol–water partition coefficient (Wildman–Crippen LogP) is -0.0695. The summed E-state index contributed by atoms with van der Waals surface area (Å²) < 4.78 is 31.9. The van der Waals surface area contributed by atoms with Gasteiger partial charge in [-0.2, -0.15) is 0 Å². The summed E-state index contributed by atoms with van der Waals surface area (Å²) in [6.45, 7) is 4.13. The number of hydrogen-bond donors (Lipinski definition) is 2. The normalized spacial score (nSPS) is 17.0. The van der Waals surface area contributed by atoms with Crippen molar-refractivity contribution >= 4 is 10.0 Å². The number of morpholine rings is 1. The first kappa shape index (κ1) is 16.4. The van der Waals surface area contributed by atoms with E-state index in [1.54, 1.807) is 24.3 Å². The molecule has 0 aliphatic carbocycles. The van der Waals surface area contributed by atoms with Crippen molar-refractivity contribution in [1.82, 2.24) is 9.62 Å². The van der Waals surface area contributed by atoms with Gasteiger partial charge in [0.25, 0.3) is 0 Å². The Kier molecular flexibility index (Phi) is 6.13. The molecule has 1 fully saturated rings. The molecule has 0 bridgehead atoms. The zero-order valence-electron chi connectivity index (χ0n) is 12.0. The van der Waals surface area contributed by atoms with Gasteiger partial charge in [-0.1, -0.05) is 24.3 Å². The van der Waals surface area contributed by atoms with Gasteiger partial charge in [0.2, 0.25) is 10.0 Å². The van der Waals surface area contributed by atoms with Crippen LogP contribution in [0.2, 0.25) is 0 Å². The zero-order chi connectivity index (χ0) is 15.1. The van der Waals surface area contributed by atoms with Gasteiger partial charge in [0.15, 0.2) is 0 Å². The van der Waals surface area contributed by atoms with Crippen LogP contribution in [0.15, 0.2) is 24.3 Å². The summed E-state index contributed by atoms with van der Waals surface area (Å²) in [6.07, 6.45) is 0. The molecule has 0 unspecified atom stereocenters. The highest BCUT2D eigenvalue weighted by Crippen LogP contribution is 2.08. The third-order valence-corrected chi connectivity index (χ3v) is 4.74. The van der Waals surface area contributed by atoms with Gasteiger partial charge < -0.3 is 9.84 Å². The molecule has 2 N–H and O–H groups in total. The van der Waals surface area contributed by atoms with Crippen LogP contribution in [-0.2, 0) is 27.1 Å². The van der Waals surface area contributed by atoms with E-state index in [9.17, 15) is 8.42 Å². The first-order chi connectivity index (χ1) is 10.1. The maximum atomic E-state index is 12.0. The van der Waals surface area contributed by atoms with Crippen LogP contribution >= 0.6 is 0 Å². The Morgan fingerprint density at radius 3 is 2.67 bits per heavy atom. The number of nitrogens with zero attached hydrogens (tertiary/aromatic N) is 1.